The molecule has 0 radical (unpaired) electrons. The first kappa shape index (κ1) is 17.5. The molecule has 23 heavy (non-hydrogen) atoms. The number of hydrogen-bond acceptors (Lipinski definition) is 4. The molecule has 1 fully saturated rings. The molecule has 2 rings (SSSR count). The molecule has 5 heteroatoms. The van der Waals surface area contributed by atoms with Gasteiger partial charge in [-0.3, -0.25) is 9.59 Å². The predicted octanol–water partition coefficient (Wildman–Crippen LogP) is 2.51. The van der Waals surface area contributed by atoms with Crippen LogP contribution in [0.5, 0.6) is 0 Å². The zero-order chi connectivity index (χ0) is 16.5. The normalized spacial score (nSPS) is 15.2. The summed E-state index contributed by atoms with van der Waals surface area (Å²) in [6.07, 6.45) is 4.03. The number of carbonyl (C=O) groups excluding carboxylic acids is 2. The molecule has 0 aromatic heterocycles. The van der Waals surface area contributed by atoms with Crippen LogP contribution in [0.25, 0.3) is 0 Å². The number of nitrogens with one attached hydrogen (secondary N) is 2. The maximum atomic E-state index is 12.1. The number of piperidine rings is 1. The van der Waals surface area contributed by atoms with E-state index in [0.717, 1.165) is 43.6 Å². The molecule has 126 valence electrons. The molecule has 1 aliphatic rings. The van der Waals surface area contributed by atoms with Crippen LogP contribution in [0.1, 0.15) is 38.2 Å². The monoisotopic (exact) mass is 318 g/mol. The molecule has 2 N–H and O–H groups in total. The summed E-state index contributed by atoms with van der Waals surface area (Å²) in [4.78, 5) is 23.6. The van der Waals surface area contributed by atoms with Gasteiger partial charge in [-0.1, -0.05) is 12.1 Å². The third kappa shape index (κ3) is 6.40. The number of carbonyl (C=O) groups is 2. The highest BCUT2D eigenvalue weighted by Crippen LogP contribution is 2.18. The minimum absolute atomic E-state index is 0.0387. The van der Waals surface area contributed by atoms with E-state index in [0.29, 0.717) is 18.9 Å². The van der Waals surface area contributed by atoms with E-state index in [-0.39, 0.29) is 18.3 Å². The van der Waals surface area contributed by atoms with Gasteiger partial charge in [-0.2, -0.15) is 0 Å². The molecule has 1 aromatic rings. The van der Waals surface area contributed by atoms with Crippen LogP contribution in [0, 0.1) is 5.92 Å². The SMILES string of the molecule is CCOC(=O)Cc1cccc(NC(=O)CCC2CCNCC2)c1. The molecule has 1 saturated heterocycles. The van der Waals surface area contributed by atoms with Gasteiger partial charge >= 0.3 is 5.97 Å². The summed E-state index contributed by atoms with van der Waals surface area (Å²) >= 11 is 0. The van der Waals surface area contributed by atoms with E-state index in [9.17, 15) is 9.59 Å². The van der Waals surface area contributed by atoms with Crippen LogP contribution >= 0.6 is 0 Å². The van der Waals surface area contributed by atoms with Crippen LogP contribution in [0.4, 0.5) is 5.69 Å². The van der Waals surface area contributed by atoms with Crippen LogP contribution in [0.15, 0.2) is 24.3 Å². The Kier molecular flexibility index (Phi) is 7.07. The Morgan fingerprint density at radius 3 is 2.83 bits per heavy atom. The minimum Gasteiger partial charge on any atom is -0.466 e. The van der Waals surface area contributed by atoms with E-state index in [2.05, 4.69) is 10.6 Å². The van der Waals surface area contributed by atoms with Gasteiger partial charge in [-0.25, -0.2) is 0 Å². The highest BCUT2D eigenvalue weighted by atomic mass is 16.5. The lowest BCUT2D eigenvalue weighted by atomic mass is 9.93. The Morgan fingerprint density at radius 2 is 2.09 bits per heavy atom. The number of hydrogen-bond donors (Lipinski definition) is 2. The quantitative estimate of drug-likeness (QED) is 0.758. The fraction of sp³-hybridized carbons (Fsp3) is 0.556. The van der Waals surface area contributed by atoms with E-state index in [1.807, 2.05) is 24.3 Å². The fourth-order valence-corrected chi connectivity index (χ4v) is 2.87. The summed E-state index contributed by atoms with van der Waals surface area (Å²) < 4.78 is 4.94. The van der Waals surface area contributed by atoms with Gasteiger partial charge in [-0.15, -0.1) is 0 Å². The Bertz CT molecular complexity index is 525. The van der Waals surface area contributed by atoms with E-state index >= 15 is 0 Å². The van der Waals surface area contributed by atoms with Crippen molar-refractivity contribution < 1.29 is 14.3 Å². The highest BCUT2D eigenvalue weighted by molar-refractivity contribution is 5.90. The number of amides is 1. The molecule has 0 bridgehead atoms. The van der Waals surface area contributed by atoms with Crippen molar-refractivity contribution >= 4 is 17.6 Å². The lowest BCUT2D eigenvalue weighted by molar-refractivity contribution is -0.142. The topological polar surface area (TPSA) is 67.4 Å². The van der Waals surface area contributed by atoms with Crippen molar-refractivity contribution in [2.75, 3.05) is 25.0 Å². The predicted molar refractivity (Wildman–Crippen MR) is 90.2 cm³/mol. The van der Waals surface area contributed by atoms with Gasteiger partial charge in [0.15, 0.2) is 0 Å². The molecule has 1 amide bonds. The molecular weight excluding hydrogens is 292 g/mol. The second-order valence-electron chi connectivity index (χ2n) is 5.96. The minimum atomic E-state index is -0.248. The Balaban J connectivity index is 1.79. The van der Waals surface area contributed by atoms with Crippen molar-refractivity contribution in [3.8, 4) is 0 Å². The summed E-state index contributed by atoms with van der Waals surface area (Å²) in [5.41, 5.74) is 1.58. The standard InChI is InChI=1S/C18H26N2O3/c1-2-23-18(22)13-15-4-3-5-16(12-15)20-17(21)7-6-14-8-10-19-11-9-14/h3-5,12,14,19H,2,6-11,13H2,1H3,(H,20,21). The van der Waals surface area contributed by atoms with Gasteiger partial charge in [-0.05, 0) is 62.9 Å². The van der Waals surface area contributed by atoms with Gasteiger partial charge in [0.2, 0.25) is 5.91 Å². The largest absolute Gasteiger partial charge is 0.466 e. The third-order valence-corrected chi connectivity index (χ3v) is 4.10. The fourth-order valence-electron chi connectivity index (χ4n) is 2.87. The number of benzene rings is 1. The number of ether oxygens (including phenoxy) is 1. The highest BCUT2D eigenvalue weighted by Gasteiger charge is 2.14. The summed E-state index contributed by atoms with van der Waals surface area (Å²) in [5.74, 6) is 0.441. The zero-order valence-corrected chi connectivity index (χ0v) is 13.8. The molecule has 0 atom stereocenters. The zero-order valence-electron chi connectivity index (χ0n) is 13.8. The molecule has 5 nitrogen and oxygen atoms in total. The number of anilines is 1. The Hall–Kier alpha value is -1.88. The molecule has 1 heterocycles. The second-order valence-corrected chi connectivity index (χ2v) is 5.96. The Labute approximate surface area is 137 Å². The molecule has 0 spiro atoms. The smallest absolute Gasteiger partial charge is 0.310 e. The maximum Gasteiger partial charge on any atom is 0.310 e. The first-order valence-electron chi connectivity index (χ1n) is 8.42. The maximum absolute atomic E-state index is 12.1. The van der Waals surface area contributed by atoms with Crippen LogP contribution in [0.2, 0.25) is 0 Å². The van der Waals surface area contributed by atoms with Gasteiger partial charge in [0.1, 0.15) is 0 Å². The summed E-state index contributed by atoms with van der Waals surface area (Å²) in [6, 6.07) is 7.38. The van der Waals surface area contributed by atoms with Gasteiger partial charge in [0.25, 0.3) is 0 Å². The molecule has 0 saturated carbocycles. The van der Waals surface area contributed by atoms with E-state index in [1.54, 1.807) is 6.92 Å². The molecule has 0 unspecified atom stereocenters. The molecule has 1 aromatic carbocycles. The average molecular weight is 318 g/mol. The van der Waals surface area contributed by atoms with Crippen molar-refractivity contribution in [1.82, 2.24) is 5.32 Å². The van der Waals surface area contributed by atoms with Gasteiger partial charge in [0.05, 0.1) is 13.0 Å². The van der Waals surface area contributed by atoms with Crippen molar-refractivity contribution in [2.45, 2.75) is 39.0 Å². The average Bonchev–Trinajstić information content (AvgIpc) is 2.54. The van der Waals surface area contributed by atoms with Crippen LogP contribution in [0.3, 0.4) is 0 Å². The lowest BCUT2D eigenvalue weighted by Crippen LogP contribution is -2.28. The van der Waals surface area contributed by atoms with E-state index in [1.165, 1.54) is 0 Å². The van der Waals surface area contributed by atoms with Crippen molar-refractivity contribution in [3.05, 3.63) is 29.8 Å². The van der Waals surface area contributed by atoms with Crippen molar-refractivity contribution in [2.24, 2.45) is 5.92 Å². The number of rotatable bonds is 7. The third-order valence-electron chi connectivity index (χ3n) is 4.10. The summed E-state index contributed by atoms with van der Waals surface area (Å²) in [6.45, 7) is 4.28. The Morgan fingerprint density at radius 1 is 1.30 bits per heavy atom. The first-order chi connectivity index (χ1) is 11.2. The van der Waals surface area contributed by atoms with E-state index < -0.39 is 0 Å². The summed E-state index contributed by atoms with van der Waals surface area (Å²) in [5, 5.41) is 6.26. The summed E-state index contributed by atoms with van der Waals surface area (Å²) in [7, 11) is 0. The van der Waals surface area contributed by atoms with Crippen LogP contribution < -0.4 is 10.6 Å². The van der Waals surface area contributed by atoms with E-state index in [4.69, 9.17) is 4.74 Å². The first-order valence-corrected chi connectivity index (χ1v) is 8.42. The van der Waals surface area contributed by atoms with Crippen molar-refractivity contribution in [1.29, 1.82) is 0 Å². The second kappa shape index (κ2) is 9.30. The van der Waals surface area contributed by atoms with Gasteiger partial charge in [0, 0.05) is 12.1 Å². The molecule has 1 aliphatic heterocycles. The number of esters is 1. The molecular formula is C18H26N2O3. The molecule has 0 aliphatic carbocycles. The van der Waals surface area contributed by atoms with Crippen molar-refractivity contribution in [3.63, 3.8) is 0 Å². The van der Waals surface area contributed by atoms with Crippen LogP contribution in [-0.2, 0) is 20.7 Å². The van der Waals surface area contributed by atoms with Crippen LogP contribution in [-0.4, -0.2) is 31.6 Å². The lowest BCUT2D eigenvalue weighted by Gasteiger charge is -2.22. The van der Waals surface area contributed by atoms with Gasteiger partial charge < -0.3 is 15.4 Å².